The van der Waals surface area contributed by atoms with Gasteiger partial charge in [0.25, 0.3) is 5.56 Å². The standard InChI is InChI=1S/C21H18ClN5O3S/c1-13-5-6-26-18(7-13)24-15(8-19(26)28)10-30-20(29)11-31-21-25-23-12-27(21)16-4-3-14(2)17(22)9-16/h3-9,12H,10-11H2,1-2H3. The van der Waals surface area contributed by atoms with Gasteiger partial charge in [0.15, 0.2) is 5.16 Å². The van der Waals surface area contributed by atoms with Crippen LogP contribution in [-0.2, 0) is 16.1 Å². The Morgan fingerprint density at radius 2 is 2.03 bits per heavy atom. The van der Waals surface area contributed by atoms with E-state index >= 15 is 0 Å². The van der Waals surface area contributed by atoms with Crippen molar-refractivity contribution < 1.29 is 9.53 Å². The first-order valence-electron chi connectivity index (χ1n) is 9.34. The Bertz CT molecular complexity index is 1330. The van der Waals surface area contributed by atoms with Crippen LogP contribution in [0.2, 0.25) is 5.02 Å². The molecule has 31 heavy (non-hydrogen) atoms. The molecule has 158 valence electrons. The number of halogens is 1. The van der Waals surface area contributed by atoms with E-state index < -0.39 is 5.97 Å². The number of thioether (sulfide) groups is 1. The molecule has 0 spiro atoms. The number of hydrogen-bond acceptors (Lipinski definition) is 7. The van der Waals surface area contributed by atoms with Gasteiger partial charge in [0, 0.05) is 17.3 Å². The quantitative estimate of drug-likeness (QED) is 0.325. The molecule has 0 saturated carbocycles. The average Bonchev–Trinajstić information content (AvgIpc) is 3.21. The molecule has 3 heterocycles. The second-order valence-corrected chi connectivity index (χ2v) is 8.23. The first-order valence-corrected chi connectivity index (χ1v) is 10.7. The SMILES string of the molecule is Cc1ccn2c(=O)cc(COC(=O)CSc3nncn3-c3ccc(C)c(Cl)c3)nc2c1. The van der Waals surface area contributed by atoms with Crippen LogP contribution < -0.4 is 5.56 Å². The van der Waals surface area contributed by atoms with Crippen LogP contribution in [0.25, 0.3) is 11.3 Å². The van der Waals surface area contributed by atoms with Gasteiger partial charge in [-0.05, 0) is 49.2 Å². The van der Waals surface area contributed by atoms with Gasteiger partial charge in [0.2, 0.25) is 0 Å². The molecule has 0 saturated heterocycles. The fraction of sp³-hybridized carbons (Fsp3) is 0.190. The highest BCUT2D eigenvalue weighted by molar-refractivity contribution is 7.99. The van der Waals surface area contributed by atoms with Gasteiger partial charge in [0.1, 0.15) is 18.6 Å². The van der Waals surface area contributed by atoms with Crippen LogP contribution in [0.1, 0.15) is 16.8 Å². The van der Waals surface area contributed by atoms with Crippen molar-refractivity contribution in [2.24, 2.45) is 0 Å². The number of aryl methyl sites for hydroxylation is 2. The fourth-order valence-corrected chi connectivity index (χ4v) is 3.78. The number of rotatable bonds is 6. The van der Waals surface area contributed by atoms with Crippen LogP contribution in [0.3, 0.4) is 0 Å². The maximum Gasteiger partial charge on any atom is 0.316 e. The number of hydrogen-bond donors (Lipinski definition) is 0. The summed E-state index contributed by atoms with van der Waals surface area (Å²) < 4.78 is 8.48. The van der Waals surface area contributed by atoms with E-state index in [0.717, 1.165) is 16.8 Å². The lowest BCUT2D eigenvalue weighted by atomic mass is 10.2. The molecule has 8 nitrogen and oxygen atoms in total. The smallest absolute Gasteiger partial charge is 0.316 e. The fourth-order valence-electron chi connectivity index (χ4n) is 2.88. The molecule has 0 radical (unpaired) electrons. The molecule has 3 aromatic heterocycles. The number of fused-ring (bicyclic) bond motifs is 1. The number of nitrogens with zero attached hydrogens (tertiary/aromatic N) is 5. The summed E-state index contributed by atoms with van der Waals surface area (Å²) in [6.45, 7) is 3.75. The van der Waals surface area contributed by atoms with Gasteiger partial charge < -0.3 is 4.74 Å². The molecule has 4 rings (SSSR count). The molecule has 0 fully saturated rings. The molecule has 0 N–H and O–H groups in total. The molecule has 0 aliphatic heterocycles. The molecular formula is C21H18ClN5O3S. The van der Waals surface area contributed by atoms with E-state index in [2.05, 4.69) is 15.2 Å². The van der Waals surface area contributed by atoms with E-state index in [1.54, 1.807) is 23.2 Å². The van der Waals surface area contributed by atoms with Crippen molar-refractivity contribution in [3.8, 4) is 5.69 Å². The molecule has 0 amide bonds. The first kappa shape index (κ1) is 21.1. The molecule has 0 aliphatic carbocycles. The minimum atomic E-state index is -0.451. The zero-order valence-electron chi connectivity index (χ0n) is 16.8. The average molecular weight is 456 g/mol. The summed E-state index contributed by atoms with van der Waals surface area (Å²) in [7, 11) is 0. The van der Waals surface area contributed by atoms with E-state index in [-0.39, 0.29) is 17.9 Å². The topological polar surface area (TPSA) is 91.4 Å². The number of carbonyl (C=O) groups is 1. The molecule has 0 unspecified atom stereocenters. The van der Waals surface area contributed by atoms with Gasteiger partial charge in [-0.2, -0.15) is 0 Å². The number of esters is 1. The zero-order valence-corrected chi connectivity index (χ0v) is 18.4. The number of aromatic nitrogens is 5. The van der Waals surface area contributed by atoms with Crippen LogP contribution in [0, 0.1) is 13.8 Å². The lowest BCUT2D eigenvalue weighted by molar-refractivity contribution is -0.141. The maximum absolute atomic E-state index is 12.2. The third kappa shape index (κ3) is 4.78. The Labute approximate surface area is 186 Å². The molecule has 10 heteroatoms. The zero-order chi connectivity index (χ0) is 22.0. The lowest BCUT2D eigenvalue weighted by Crippen LogP contribution is -2.17. The molecule has 0 bridgehead atoms. The minimum Gasteiger partial charge on any atom is -0.459 e. The van der Waals surface area contributed by atoms with E-state index in [1.165, 1.54) is 22.2 Å². The van der Waals surface area contributed by atoms with Crippen LogP contribution in [0.15, 0.2) is 58.9 Å². The summed E-state index contributed by atoms with van der Waals surface area (Å²) in [5, 5.41) is 9.15. The highest BCUT2D eigenvalue weighted by Gasteiger charge is 2.13. The maximum atomic E-state index is 12.2. The molecular weight excluding hydrogens is 438 g/mol. The number of benzene rings is 1. The Hall–Kier alpha value is -3.17. The molecule has 4 aromatic rings. The van der Waals surface area contributed by atoms with Crippen molar-refractivity contribution in [1.82, 2.24) is 24.1 Å². The Kier molecular flexibility index (Phi) is 6.06. The normalized spacial score (nSPS) is 11.1. The van der Waals surface area contributed by atoms with Crippen molar-refractivity contribution >= 4 is 35.0 Å². The lowest BCUT2D eigenvalue weighted by Gasteiger charge is -2.08. The Morgan fingerprint density at radius 3 is 2.84 bits per heavy atom. The Balaban J connectivity index is 1.40. The first-order chi connectivity index (χ1) is 14.9. The van der Waals surface area contributed by atoms with Crippen molar-refractivity contribution in [2.45, 2.75) is 25.6 Å². The number of ether oxygens (including phenoxy) is 1. The summed E-state index contributed by atoms with van der Waals surface area (Å²) >= 11 is 7.40. The third-order valence-electron chi connectivity index (χ3n) is 4.53. The van der Waals surface area contributed by atoms with E-state index in [0.29, 0.717) is 21.5 Å². The highest BCUT2D eigenvalue weighted by atomic mass is 35.5. The summed E-state index contributed by atoms with van der Waals surface area (Å²) in [6, 6.07) is 10.6. The van der Waals surface area contributed by atoms with Crippen molar-refractivity contribution in [1.29, 1.82) is 0 Å². The second kappa shape index (κ2) is 8.91. The summed E-state index contributed by atoms with van der Waals surface area (Å²) in [5.74, 6) is -0.419. The predicted octanol–water partition coefficient (Wildman–Crippen LogP) is 3.38. The van der Waals surface area contributed by atoms with Crippen LogP contribution >= 0.6 is 23.4 Å². The van der Waals surface area contributed by atoms with Crippen molar-refractivity contribution in [3.63, 3.8) is 0 Å². The van der Waals surface area contributed by atoms with Gasteiger partial charge >= 0.3 is 5.97 Å². The number of pyridine rings is 1. The predicted molar refractivity (Wildman–Crippen MR) is 118 cm³/mol. The van der Waals surface area contributed by atoms with Gasteiger partial charge in [-0.15, -0.1) is 10.2 Å². The van der Waals surface area contributed by atoms with Gasteiger partial charge in [-0.25, -0.2) is 4.98 Å². The third-order valence-corrected chi connectivity index (χ3v) is 5.85. The molecule has 0 aliphatic rings. The molecule has 0 atom stereocenters. The number of carbonyl (C=O) groups excluding carboxylic acids is 1. The minimum absolute atomic E-state index is 0.0317. The van der Waals surface area contributed by atoms with Crippen LogP contribution in [-0.4, -0.2) is 35.9 Å². The summed E-state index contributed by atoms with van der Waals surface area (Å²) in [5.41, 5.74) is 3.43. The summed E-state index contributed by atoms with van der Waals surface area (Å²) in [4.78, 5) is 28.8. The largest absolute Gasteiger partial charge is 0.459 e. The second-order valence-electron chi connectivity index (χ2n) is 6.88. The monoisotopic (exact) mass is 455 g/mol. The van der Waals surface area contributed by atoms with Gasteiger partial charge in [0.05, 0.1) is 17.1 Å². The van der Waals surface area contributed by atoms with Gasteiger partial charge in [-0.1, -0.05) is 29.4 Å². The van der Waals surface area contributed by atoms with Gasteiger partial charge in [-0.3, -0.25) is 18.6 Å². The van der Waals surface area contributed by atoms with E-state index in [4.69, 9.17) is 16.3 Å². The highest BCUT2D eigenvalue weighted by Crippen LogP contribution is 2.23. The Morgan fingerprint density at radius 1 is 1.19 bits per heavy atom. The van der Waals surface area contributed by atoms with E-state index in [1.807, 2.05) is 38.1 Å². The van der Waals surface area contributed by atoms with Crippen molar-refractivity contribution in [2.75, 3.05) is 5.75 Å². The molecule has 1 aromatic carbocycles. The van der Waals surface area contributed by atoms with Crippen molar-refractivity contribution in [3.05, 3.63) is 81.1 Å². The van der Waals surface area contributed by atoms with Crippen LogP contribution in [0.5, 0.6) is 0 Å². The summed E-state index contributed by atoms with van der Waals surface area (Å²) in [6.07, 6.45) is 3.23. The van der Waals surface area contributed by atoms with Crippen LogP contribution in [0.4, 0.5) is 0 Å². The van der Waals surface area contributed by atoms with E-state index in [9.17, 15) is 9.59 Å².